The van der Waals surface area contributed by atoms with Gasteiger partial charge in [-0.05, 0) is 42.8 Å². The number of nitrogens with one attached hydrogen (secondary N) is 1. The van der Waals surface area contributed by atoms with Gasteiger partial charge in [-0.25, -0.2) is 18.0 Å². The van der Waals surface area contributed by atoms with Crippen molar-refractivity contribution >= 4 is 11.7 Å². The van der Waals surface area contributed by atoms with E-state index in [2.05, 4.69) is 12.2 Å². The largest absolute Gasteiger partial charge is 0.497 e. The first-order valence-electron chi connectivity index (χ1n) is 11.4. The molecule has 5 nitrogen and oxygen atoms in total. The minimum Gasteiger partial charge on any atom is -0.497 e. The first-order valence-corrected chi connectivity index (χ1v) is 11.4. The summed E-state index contributed by atoms with van der Waals surface area (Å²) in [5.74, 6) is -2.63. The molecule has 3 aromatic rings. The SMILES string of the molecule is CCCCCCCN(Cc1cccn1-c1ccc(OC)cc1)C(=O)Nc1c(F)cc(F)cc1F. The maximum absolute atomic E-state index is 14.1. The average Bonchev–Trinajstić information content (AvgIpc) is 3.28. The molecule has 0 bridgehead atoms. The van der Waals surface area contributed by atoms with Crippen molar-refractivity contribution in [1.82, 2.24) is 9.47 Å². The molecule has 0 aliphatic carbocycles. The van der Waals surface area contributed by atoms with Gasteiger partial charge in [0.05, 0.1) is 13.7 Å². The molecule has 2 aromatic carbocycles. The molecule has 0 radical (unpaired) electrons. The number of benzene rings is 2. The number of carbonyl (C=O) groups excluding carboxylic acids is 1. The summed E-state index contributed by atoms with van der Waals surface area (Å²) in [6.45, 7) is 2.76. The summed E-state index contributed by atoms with van der Waals surface area (Å²) >= 11 is 0. The fraction of sp³-hybridized carbons (Fsp3) is 0.346. The van der Waals surface area contributed by atoms with Gasteiger partial charge in [-0.15, -0.1) is 0 Å². The lowest BCUT2D eigenvalue weighted by molar-refractivity contribution is 0.206. The van der Waals surface area contributed by atoms with Crippen LogP contribution in [0.4, 0.5) is 23.7 Å². The number of ether oxygens (including phenoxy) is 1. The molecule has 0 aliphatic heterocycles. The Kier molecular flexibility index (Phi) is 9.01. The van der Waals surface area contributed by atoms with Crippen LogP contribution in [0.25, 0.3) is 5.69 Å². The van der Waals surface area contributed by atoms with E-state index in [0.29, 0.717) is 18.7 Å². The van der Waals surface area contributed by atoms with E-state index in [1.165, 1.54) is 4.90 Å². The molecular weight excluding hydrogens is 443 g/mol. The summed E-state index contributed by atoms with van der Waals surface area (Å²) in [5.41, 5.74) is 1.06. The number of amides is 2. The van der Waals surface area contributed by atoms with Crippen molar-refractivity contribution in [2.75, 3.05) is 19.0 Å². The van der Waals surface area contributed by atoms with Crippen LogP contribution in [0.15, 0.2) is 54.7 Å². The van der Waals surface area contributed by atoms with E-state index < -0.39 is 29.2 Å². The van der Waals surface area contributed by atoms with E-state index in [-0.39, 0.29) is 6.54 Å². The lowest BCUT2D eigenvalue weighted by atomic mass is 10.1. The Bertz CT molecular complexity index is 1060. The third-order valence-electron chi connectivity index (χ3n) is 5.59. The monoisotopic (exact) mass is 473 g/mol. The minimum atomic E-state index is -1.16. The molecule has 0 fully saturated rings. The van der Waals surface area contributed by atoms with Crippen molar-refractivity contribution in [1.29, 1.82) is 0 Å². The Morgan fingerprint density at radius 1 is 1.00 bits per heavy atom. The number of hydrogen-bond acceptors (Lipinski definition) is 2. The van der Waals surface area contributed by atoms with Crippen LogP contribution >= 0.6 is 0 Å². The number of methoxy groups -OCH3 is 1. The van der Waals surface area contributed by atoms with Gasteiger partial charge in [0.2, 0.25) is 0 Å². The molecule has 1 heterocycles. The van der Waals surface area contributed by atoms with Gasteiger partial charge in [-0.3, -0.25) is 0 Å². The van der Waals surface area contributed by atoms with Crippen LogP contribution in [0.3, 0.4) is 0 Å². The van der Waals surface area contributed by atoms with Gasteiger partial charge in [0.1, 0.15) is 17.3 Å². The topological polar surface area (TPSA) is 46.5 Å². The highest BCUT2D eigenvalue weighted by Crippen LogP contribution is 2.22. The molecule has 8 heteroatoms. The summed E-state index contributed by atoms with van der Waals surface area (Å²) < 4.78 is 48.7. The van der Waals surface area contributed by atoms with Crippen molar-refractivity contribution in [3.05, 3.63) is 77.9 Å². The molecule has 0 saturated heterocycles. The first-order chi connectivity index (χ1) is 16.4. The lowest BCUT2D eigenvalue weighted by Gasteiger charge is -2.24. The van der Waals surface area contributed by atoms with Crippen molar-refractivity contribution < 1.29 is 22.7 Å². The zero-order valence-corrected chi connectivity index (χ0v) is 19.5. The third kappa shape index (κ3) is 6.56. The Morgan fingerprint density at radius 3 is 2.32 bits per heavy atom. The maximum atomic E-state index is 14.1. The highest BCUT2D eigenvalue weighted by atomic mass is 19.1. The number of halogens is 3. The van der Waals surface area contributed by atoms with Crippen LogP contribution in [-0.2, 0) is 6.54 Å². The molecule has 182 valence electrons. The van der Waals surface area contributed by atoms with Gasteiger partial charge in [-0.1, -0.05) is 32.6 Å². The number of unbranched alkanes of at least 4 members (excludes halogenated alkanes) is 4. The zero-order valence-electron chi connectivity index (χ0n) is 19.5. The quantitative estimate of drug-likeness (QED) is 0.308. The standard InChI is InChI=1S/C26H30F3N3O2/c1-3-4-5-6-7-14-31(26(33)30-25-23(28)16-19(27)17-24(25)29)18-21-9-8-15-32(21)20-10-12-22(34-2)13-11-20/h8-13,15-17H,3-7,14,18H2,1-2H3,(H,30,33). The highest BCUT2D eigenvalue weighted by Gasteiger charge is 2.20. The Labute approximate surface area is 198 Å². The maximum Gasteiger partial charge on any atom is 0.322 e. The van der Waals surface area contributed by atoms with E-state index in [4.69, 9.17) is 4.74 Å². The van der Waals surface area contributed by atoms with E-state index in [9.17, 15) is 18.0 Å². The normalized spacial score (nSPS) is 10.9. The van der Waals surface area contributed by atoms with Gasteiger partial charge >= 0.3 is 6.03 Å². The molecule has 3 rings (SSSR count). The van der Waals surface area contributed by atoms with E-state index in [0.717, 1.165) is 49.2 Å². The molecule has 0 saturated carbocycles. The Hall–Kier alpha value is -3.42. The fourth-order valence-corrected chi connectivity index (χ4v) is 3.74. The second kappa shape index (κ2) is 12.2. The average molecular weight is 474 g/mol. The number of carbonyl (C=O) groups is 1. The predicted octanol–water partition coefficient (Wildman–Crippen LogP) is 6.91. The molecule has 0 spiro atoms. The smallest absolute Gasteiger partial charge is 0.322 e. The number of rotatable bonds is 11. The van der Waals surface area contributed by atoms with Crippen molar-refractivity contribution in [2.24, 2.45) is 0 Å². The van der Waals surface area contributed by atoms with Crippen LogP contribution in [0, 0.1) is 17.5 Å². The molecule has 1 aromatic heterocycles. The van der Waals surface area contributed by atoms with Gasteiger partial charge in [0.25, 0.3) is 0 Å². The second-order valence-corrected chi connectivity index (χ2v) is 8.08. The lowest BCUT2D eigenvalue weighted by Crippen LogP contribution is -2.36. The van der Waals surface area contributed by atoms with Crippen LogP contribution in [0.5, 0.6) is 5.75 Å². The summed E-state index contributed by atoms with van der Waals surface area (Å²) in [4.78, 5) is 14.6. The number of hydrogen-bond donors (Lipinski definition) is 1. The Morgan fingerprint density at radius 2 is 1.68 bits per heavy atom. The summed E-state index contributed by atoms with van der Waals surface area (Å²) in [6.07, 6.45) is 6.84. The fourth-order valence-electron chi connectivity index (χ4n) is 3.74. The van der Waals surface area contributed by atoms with Crippen molar-refractivity contribution in [3.8, 4) is 11.4 Å². The molecule has 0 atom stereocenters. The number of anilines is 1. The van der Waals surface area contributed by atoms with Crippen LogP contribution < -0.4 is 10.1 Å². The van der Waals surface area contributed by atoms with Crippen LogP contribution in [-0.4, -0.2) is 29.2 Å². The van der Waals surface area contributed by atoms with Crippen LogP contribution in [0.2, 0.25) is 0 Å². The van der Waals surface area contributed by atoms with Gasteiger partial charge in [-0.2, -0.15) is 0 Å². The second-order valence-electron chi connectivity index (χ2n) is 8.08. The van der Waals surface area contributed by atoms with Gasteiger partial charge in [0.15, 0.2) is 11.6 Å². The molecule has 1 N–H and O–H groups in total. The first kappa shape index (κ1) is 25.2. The molecule has 2 amide bonds. The molecule has 0 unspecified atom stereocenters. The van der Waals surface area contributed by atoms with Crippen molar-refractivity contribution in [3.63, 3.8) is 0 Å². The Balaban J connectivity index is 1.79. The summed E-state index contributed by atoms with van der Waals surface area (Å²) in [6, 6.07) is 11.7. The third-order valence-corrected chi connectivity index (χ3v) is 5.59. The minimum absolute atomic E-state index is 0.225. The summed E-state index contributed by atoms with van der Waals surface area (Å²) in [7, 11) is 1.60. The number of urea groups is 1. The van der Waals surface area contributed by atoms with Crippen LogP contribution in [0.1, 0.15) is 44.7 Å². The molecule has 34 heavy (non-hydrogen) atoms. The molecular formula is C26H30F3N3O2. The highest BCUT2D eigenvalue weighted by molar-refractivity contribution is 5.89. The van der Waals surface area contributed by atoms with E-state index in [1.54, 1.807) is 7.11 Å². The summed E-state index contributed by atoms with van der Waals surface area (Å²) in [5, 5.41) is 2.29. The van der Waals surface area contributed by atoms with Gasteiger partial charge < -0.3 is 19.5 Å². The van der Waals surface area contributed by atoms with E-state index in [1.807, 2.05) is 47.2 Å². The van der Waals surface area contributed by atoms with Gasteiger partial charge in [0, 0.05) is 36.3 Å². The predicted molar refractivity (Wildman–Crippen MR) is 127 cm³/mol. The zero-order chi connectivity index (χ0) is 24.5. The van der Waals surface area contributed by atoms with Crippen molar-refractivity contribution in [2.45, 2.75) is 45.6 Å². The number of aromatic nitrogens is 1. The number of nitrogens with zero attached hydrogens (tertiary/aromatic N) is 2. The molecule has 0 aliphatic rings. The van der Waals surface area contributed by atoms with E-state index >= 15 is 0 Å².